The monoisotopic (exact) mass is 189 g/mol. The number of hydrogen-bond acceptors (Lipinski definition) is 2. The lowest BCUT2D eigenvalue weighted by molar-refractivity contribution is 0.412. The molecule has 0 heterocycles. The highest BCUT2D eigenvalue weighted by Crippen LogP contribution is 2.25. The van der Waals surface area contributed by atoms with Gasteiger partial charge in [-0.1, -0.05) is 19.9 Å². The Bertz CT molecular complexity index is 352. The van der Waals surface area contributed by atoms with Crippen LogP contribution in [-0.2, 0) is 0 Å². The minimum atomic E-state index is 0.511. The van der Waals surface area contributed by atoms with Gasteiger partial charge in [0, 0.05) is 0 Å². The summed E-state index contributed by atoms with van der Waals surface area (Å²) in [6.07, 6.45) is 1.09. The van der Waals surface area contributed by atoms with Gasteiger partial charge in [-0.05, 0) is 30.0 Å². The van der Waals surface area contributed by atoms with Gasteiger partial charge in [-0.25, -0.2) is 0 Å². The summed E-state index contributed by atoms with van der Waals surface area (Å²) in [5, 5.41) is 8.81. The van der Waals surface area contributed by atoms with Gasteiger partial charge in [0.2, 0.25) is 0 Å². The Morgan fingerprint density at radius 2 is 2.21 bits per heavy atom. The maximum absolute atomic E-state index is 8.81. The summed E-state index contributed by atoms with van der Waals surface area (Å²) in [7, 11) is 1.59. The van der Waals surface area contributed by atoms with E-state index in [4.69, 9.17) is 10.00 Å². The molecule has 0 radical (unpaired) electrons. The third kappa shape index (κ3) is 2.05. The van der Waals surface area contributed by atoms with Crippen molar-refractivity contribution in [3.05, 3.63) is 29.3 Å². The fourth-order valence-electron chi connectivity index (χ4n) is 1.34. The molecule has 0 bridgehead atoms. The van der Waals surface area contributed by atoms with Gasteiger partial charge in [0.15, 0.2) is 0 Å². The van der Waals surface area contributed by atoms with Gasteiger partial charge in [-0.15, -0.1) is 0 Å². The molecular weight excluding hydrogens is 174 g/mol. The minimum Gasteiger partial charge on any atom is -0.495 e. The average Bonchev–Trinajstić information content (AvgIpc) is 2.26. The number of hydrogen-bond donors (Lipinski definition) is 0. The van der Waals surface area contributed by atoms with Gasteiger partial charge < -0.3 is 4.74 Å². The minimum absolute atomic E-state index is 0.511. The first-order chi connectivity index (χ1) is 6.72. The van der Waals surface area contributed by atoms with Gasteiger partial charge in [0.25, 0.3) is 0 Å². The molecule has 0 aliphatic rings. The molecule has 0 aliphatic heterocycles. The number of benzene rings is 1. The average molecular weight is 189 g/mol. The summed E-state index contributed by atoms with van der Waals surface area (Å²) < 4.78 is 5.15. The summed E-state index contributed by atoms with van der Waals surface area (Å²) in [6, 6.07) is 7.87. The van der Waals surface area contributed by atoms with Crippen molar-refractivity contribution in [2.45, 2.75) is 26.2 Å². The molecule has 0 amide bonds. The summed E-state index contributed by atoms with van der Waals surface area (Å²) >= 11 is 0. The standard InChI is InChI=1S/C12H15NO/c1-4-9(2)10-5-6-11(8-13)12(7-10)14-3/h5-7,9H,4H2,1-3H3. The van der Waals surface area contributed by atoms with E-state index in [0.29, 0.717) is 17.2 Å². The van der Waals surface area contributed by atoms with E-state index >= 15 is 0 Å². The van der Waals surface area contributed by atoms with Crippen LogP contribution in [0.3, 0.4) is 0 Å². The highest BCUT2D eigenvalue weighted by atomic mass is 16.5. The van der Waals surface area contributed by atoms with E-state index in [0.717, 1.165) is 6.42 Å². The van der Waals surface area contributed by atoms with Crippen molar-refractivity contribution in [1.82, 2.24) is 0 Å². The normalized spacial score (nSPS) is 11.9. The van der Waals surface area contributed by atoms with E-state index in [1.54, 1.807) is 7.11 Å². The Labute approximate surface area is 85.1 Å². The summed E-state index contributed by atoms with van der Waals surface area (Å²) in [4.78, 5) is 0. The van der Waals surface area contributed by atoms with Crippen LogP contribution < -0.4 is 4.74 Å². The van der Waals surface area contributed by atoms with Gasteiger partial charge in [0.1, 0.15) is 11.8 Å². The second-order valence-corrected chi connectivity index (χ2v) is 3.38. The molecular formula is C12H15NO. The molecule has 1 aromatic rings. The van der Waals surface area contributed by atoms with E-state index in [-0.39, 0.29) is 0 Å². The van der Waals surface area contributed by atoms with Crippen molar-refractivity contribution < 1.29 is 4.74 Å². The molecule has 0 spiro atoms. The predicted octanol–water partition coefficient (Wildman–Crippen LogP) is 3.08. The molecule has 0 N–H and O–H groups in total. The van der Waals surface area contributed by atoms with Crippen LogP contribution in [-0.4, -0.2) is 7.11 Å². The van der Waals surface area contributed by atoms with Crippen molar-refractivity contribution in [3.63, 3.8) is 0 Å². The number of methoxy groups -OCH3 is 1. The number of nitriles is 1. The first-order valence-electron chi connectivity index (χ1n) is 4.81. The van der Waals surface area contributed by atoms with E-state index < -0.39 is 0 Å². The smallest absolute Gasteiger partial charge is 0.136 e. The molecule has 2 nitrogen and oxygen atoms in total. The lowest BCUT2D eigenvalue weighted by atomic mass is 9.97. The van der Waals surface area contributed by atoms with E-state index in [1.807, 2.05) is 18.2 Å². The third-order valence-corrected chi connectivity index (χ3v) is 2.53. The van der Waals surface area contributed by atoms with Crippen molar-refractivity contribution in [1.29, 1.82) is 5.26 Å². The van der Waals surface area contributed by atoms with Gasteiger partial charge in [-0.2, -0.15) is 5.26 Å². The van der Waals surface area contributed by atoms with Crippen molar-refractivity contribution in [2.24, 2.45) is 0 Å². The van der Waals surface area contributed by atoms with Crippen molar-refractivity contribution in [2.75, 3.05) is 7.11 Å². The number of ether oxygens (including phenoxy) is 1. The van der Waals surface area contributed by atoms with Crippen LogP contribution in [0.25, 0.3) is 0 Å². The molecule has 0 aromatic heterocycles. The largest absolute Gasteiger partial charge is 0.495 e. The topological polar surface area (TPSA) is 33.0 Å². The lowest BCUT2D eigenvalue weighted by Gasteiger charge is -2.11. The number of nitrogens with zero attached hydrogens (tertiary/aromatic N) is 1. The van der Waals surface area contributed by atoms with Crippen molar-refractivity contribution >= 4 is 0 Å². The fraction of sp³-hybridized carbons (Fsp3) is 0.417. The van der Waals surface area contributed by atoms with E-state index in [9.17, 15) is 0 Å². The van der Waals surface area contributed by atoms with E-state index in [2.05, 4.69) is 19.9 Å². The second kappa shape index (κ2) is 4.66. The Morgan fingerprint density at radius 3 is 2.71 bits per heavy atom. The van der Waals surface area contributed by atoms with Crippen LogP contribution >= 0.6 is 0 Å². The third-order valence-electron chi connectivity index (χ3n) is 2.53. The zero-order chi connectivity index (χ0) is 10.6. The maximum Gasteiger partial charge on any atom is 0.136 e. The van der Waals surface area contributed by atoms with Crippen LogP contribution in [0.1, 0.15) is 37.3 Å². The zero-order valence-corrected chi connectivity index (χ0v) is 8.87. The maximum atomic E-state index is 8.81. The highest BCUT2D eigenvalue weighted by molar-refractivity contribution is 5.45. The summed E-state index contributed by atoms with van der Waals surface area (Å²) in [5.41, 5.74) is 1.82. The van der Waals surface area contributed by atoms with Crippen LogP contribution in [0.4, 0.5) is 0 Å². The van der Waals surface area contributed by atoms with Crippen molar-refractivity contribution in [3.8, 4) is 11.8 Å². The summed E-state index contributed by atoms with van der Waals surface area (Å²) in [5.74, 6) is 1.18. The molecule has 14 heavy (non-hydrogen) atoms. The second-order valence-electron chi connectivity index (χ2n) is 3.38. The van der Waals surface area contributed by atoms with Gasteiger partial charge >= 0.3 is 0 Å². The molecule has 1 aromatic carbocycles. The molecule has 1 atom stereocenters. The molecule has 0 saturated heterocycles. The lowest BCUT2D eigenvalue weighted by Crippen LogP contribution is -1.94. The Hall–Kier alpha value is -1.49. The molecule has 1 rings (SSSR count). The number of rotatable bonds is 3. The molecule has 74 valence electrons. The van der Waals surface area contributed by atoms with Crippen LogP contribution in [0.5, 0.6) is 5.75 Å². The SMILES string of the molecule is CCC(C)c1ccc(C#N)c(OC)c1. The first kappa shape index (κ1) is 10.6. The highest BCUT2D eigenvalue weighted by Gasteiger charge is 2.07. The van der Waals surface area contributed by atoms with Gasteiger partial charge in [0.05, 0.1) is 12.7 Å². The Balaban J connectivity index is 3.09. The van der Waals surface area contributed by atoms with Crippen LogP contribution in [0.2, 0.25) is 0 Å². The Morgan fingerprint density at radius 1 is 1.50 bits per heavy atom. The molecule has 0 aliphatic carbocycles. The first-order valence-corrected chi connectivity index (χ1v) is 4.81. The zero-order valence-electron chi connectivity index (χ0n) is 8.87. The Kier molecular flexibility index (Phi) is 3.53. The molecule has 1 unspecified atom stereocenters. The summed E-state index contributed by atoms with van der Waals surface area (Å²) in [6.45, 7) is 4.32. The predicted molar refractivity (Wildman–Crippen MR) is 56.4 cm³/mol. The molecule has 0 saturated carbocycles. The van der Waals surface area contributed by atoms with E-state index in [1.165, 1.54) is 5.56 Å². The van der Waals surface area contributed by atoms with Gasteiger partial charge in [-0.3, -0.25) is 0 Å². The quantitative estimate of drug-likeness (QED) is 0.732. The molecule has 0 fully saturated rings. The van der Waals surface area contributed by atoms with Crippen LogP contribution in [0.15, 0.2) is 18.2 Å². The fourth-order valence-corrected chi connectivity index (χ4v) is 1.34. The molecule has 2 heteroatoms. The van der Waals surface area contributed by atoms with Crippen LogP contribution in [0, 0.1) is 11.3 Å².